The van der Waals surface area contributed by atoms with Gasteiger partial charge in [-0.05, 0) is 37.1 Å². The Bertz CT molecular complexity index is 651. The maximum atomic E-state index is 12.4. The molecule has 0 aliphatic carbocycles. The summed E-state index contributed by atoms with van der Waals surface area (Å²) in [7, 11) is 1.94. The average Bonchev–Trinajstić information content (AvgIpc) is 3.08. The van der Waals surface area contributed by atoms with Crippen molar-refractivity contribution in [2.75, 3.05) is 13.2 Å². The number of hydrogen-bond donors (Lipinski definition) is 1. The Balaban J connectivity index is 1.66. The molecule has 1 saturated heterocycles. The molecule has 1 fully saturated rings. The first-order valence-electron chi connectivity index (χ1n) is 7.54. The van der Waals surface area contributed by atoms with Gasteiger partial charge in [0, 0.05) is 37.3 Å². The quantitative estimate of drug-likeness (QED) is 0.935. The van der Waals surface area contributed by atoms with E-state index in [0.29, 0.717) is 19.1 Å². The van der Waals surface area contributed by atoms with Crippen molar-refractivity contribution in [2.45, 2.75) is 19.4 Å². The molecule has 1 aliphatic rings. The fourth-order valence-corrected chi connectivity index (χ4v) is 2.88. The van der Waals surface area contributed by atoms with Gasteiger partial charge >= 0.3 is 0 Å². The van der Waals surface area contributed by atoms with Crippen LogP contribution in [0.15, 0.2) is 36.8 Å². The van der Waals surface area contributed by atoms with Gasteiger partial charge in [0.1, 0.15) is 0 Å². The second-order valence-corrected chi connectivity index (χ2v) is 5.86. The van der Waals surface area contributed by atoms with Gasteiger partial charge < -0.3 is 14.6 Å². The number of nitrogens with zero attached hydrogens (tertiary/aromatic N) is 2. The van der Waals surface area contributed by atoms with E-state index in [1.807, 2.05) is 42.9 Å². The predicted octanol–water partition coefficient (Wildman–Crippen LogP) is 1.72. The van der Waals surface area contributed by atoms with E-state index in [2.05, 4.69) is 10.3 Å². The summed E-state index contributed by atoms with van der Waals surface area (Å²) >= 11 is 0. The lowest BCUT2D eigenvalue weighted by Gasteiger charge is -2.19. The zero-order chi connectivity index (χ0) is 15.5. The third-order valence-corrected chi connectivity index (χ3v) is 4.39. The lowest BCUT2D eigenvalue weighted by atomic mass is 9.95. The van der Waals surface area contributed by atoms with Crippen LogP contribution in [0.5, 0.6) is 0 Å². The van der Waals surface area contributed by atoms with Crippen LogP contribution in [0.2, 0.25) is 0 Å². The fraction of sp³-hybridized carbons (Fsp3) is 0.412. The van der Waals surface area contributed by atoms with Crippen LogP contribution in [0.3, 0.4) is 0 Å². The molecule has 1 amide bonds. The molecule has 116 valence electrons. The number of pyridine rings is 1. The van der Waals surface area contributed by atoms with Gasteiger partial charge in [-0.1, -0.05) is 0 Å². The van der Waals surface area contributed by atoms with Gasteiger partial charge in [0.25, 0.3) is 5.91 Å². The van der Waals surface area contributed by atoms with Crippen molar-refractivity contribution >= 4 is 5.91 Å². The smallest absolute Gasteiger partial charge is 0.253 e. The van der Waals surface area contributed by atoms with Crippen molar-refractivity contribution in [1.29, 1.82) is 0 Å². The van der Waals surface area contributed by atoms with Crippen molar-refractivity contribution in [1.82, 2.24) is 14.9 Å². The molecule has 0 saturated carbocycles. The Kier molecular flexibility index (Phi) is 4.24. The molecule has 5 heteroatoms. The van der Waals surface area contributed by atoms with E-state index in [4.69, 9.17) is 4.74 Å². The molecule has 5 nitrogen and oxygen atoms in total. The van der Waals surface area contributed by atoms with Crippen LogP contribution in [0, 0.1) is 12.8 Å². The summed E-state index contributed by atoms with van der Waals surface area (Å²) in [4.78, 5) is 16.5. The summed E-state index contributed by atoms with van der Waals surface area (Å²) in [5.74, 6) is 0.281. The van der Waals surface area contributed by atoms with E-state index in [1.165, 1.54) is 5.56 Å². The SMILES string of the molecule is Cc1c(C(=O)N[C@@H]2COC[C@H]2Cc2ccncc2)ccn1C. The first-order chi connectivity index (χ1) is 10.6. The van der Waals surface area contributed by atoms with Crippen molar-refractivity contribution in [3.63, 3.8) is 0 Å². The topological polar surface area (TPSA) is 56.1 Å². The first kappa shape index (κ1) is 14.8. The zero-order valence-electron chi connectivity index (χ0n) is 13.0. The highest BCUT2D eigenvalue weighted by Crippen LogP contribution is 2.20. The van der Waals surface area contributed by atoms with Crippen LogP contribution in [0.1, 0.15) is 21.6 Å². The van der Waals surface area contributed by atoms with Crippen molar-refractivity contribution in [2.24, 2.45) is 13.0 Å². The third kappa shape index (κ3) is 3.04. The normalized spacial score (nSPS) is 21.0. The zero-order valence-corrected chi connectivity index (χ0v) is 13.0. The maximum absolute atomic E-state index is 12.4. The van der Waals surface area contributed by atoms with E-state index in [1.54, 1.807) is 12.4 Å². The average molecular weight is 299 g/mol. The first-order valence-corrected chi connectivity index (χ1v) is 7.54. The van der Waals surface area contributed by atoms with Crippen LogP contribution in [0.25, 0.3) is 0 Å². The number of hydrogen-bond acceptors (Lipinski definition) is 3. The maximum Gasteiger partial charge on any atom is 0.253 e. The highest BCUT2D eigenvalue weighted by atomic mass is 16.5. The standard InChI is InChI=1S/C17H21N3O2/c1-12-15(5-8-20(12)2)17(21)19-16-11-22-10-14(16)9-13-3-6-18-7-4-13/h3-8,14,16H,9-11H2,1-2H3,(H,19,21)/t14-,16-/m1/s1. The van der Waals surface area contributed by atoms with Crippen molar-refractivity contribution in [3.05, 3.63) is 53.6 Å². The summed E-state index contributed by atoms with van der Waals surface area (Å²) < 4.78 is 7.53. The summed E-state index contributed by atoms with van der Waals surface area (Å²) in [5.41, 5.74) is 2.93. The molecular weight excluding hydrogens is 278 g/mol. The lowest BCUT2D eigenvalue weighted by molar-refractivity contribution is 0.0924. The Morgan fingerprint density at radius 3 is 2.82 bits per heavy atom. The molecule has 0 bridgehead atoms. The van der Waals surface area contributed by atoms with Gasteiger partial charge in [0.15, 0.2) is 0 Å². The molecule has 0 radical (unpaired) electrons. The van der Waals surface area contributed by atoms with Gasteiger partial charge in [0.2, 0.25) is 0 Å². The van der Waals surface area contributed by atoms with Gasteiger partial charge in [-0.2, -0.15) is 0 Å². The van der Waals surface area contributed by atoms with Crippen LogP contribution in [-0.4, -0.2) is 34.7 Å². The Labute approximate surface area is 130 Å². The number of aryl methyl sites for hydroxylation is 1. The van der Waals surface area contributed by atoms with Crippen molar-refractivity contribution in [3.8, 4) is 0 Å². The second kappa shape index (κ2) is 6.32. The summed E-state index contributed by atoms with van der Waals surface area (Å²) in [6, 6.07) is 5.94. The lowest BCUT2D eigenvalue weighted by Crippen LogP contribution is -2.40. The minimum atomic E-state index is -0.0201. The minimum Gasteiger partial charge on any atom is -0.379 e. The van der Waals surface area contributed by atoms with E-state index in [0.717, 1.165) is 17.7 Å². The van der Waals surface area contributed by atoms with Gasteiger partial charge in [-0.15, -0.1) is 0 Å². The number of amides is 1. The van der Waals surface area contributed by atoms with Crippen LogP contribution in [0.4, 0.5) is 0 Å². The number of carbonyl (C=O) groups excluding carboxylic acids is 1. The summed E-state index contributed by atoms with van der Waals surface area (Å²) in [5, 5.41) is 3.13. The number of aromatic nitrogens is 2. The molecule has 1 N–H and O–H groups in total. The molecule has 22 heavy (non-hydrogen) atoms. The van der Waals surface area contributed by atoms with Crippen LogP contribution >= 0.6 is 0 Å². The van der Waals surface area contributed by atoms with E-state index in [9.17, 15) is 4.79 Å². The number of nitrogens with one attached hydrogen (secondary N) is 1. The molecule has 2 aromatic heterocycles. The minimum absolute atomic E-state index is 0.0201. The van der Waals surface area contributed by atoms with Gasteiger partial charge in [0.05, 0.1) is 24.8 Å². The molecule has 2 atom stereocenters. The number of carbonyl (C=O) groups is 1. The number of ether oxygens (including phenoxy) is 1. The predicted molar refractivity (Wildman–Crippen MR) is 83.7 cm³/mol. The monoisotopic (exact) mass is 299 g/mol. The Morgan fingerprint density at radius 2 is 2.14 bits per heavy atom. The van der Waals surface area contributed by atoms with E-state index >= 15 is 0 Å². The van der Waals surface area contributed by atoms with Crippen LogP contribution < -0.4 is 5.32 Å². The Morgan fingerprint density at radius 1 is 1.36 bits per heavy atom. The molecule has 0 unspecified atom stereocenters. The second-order valence-electron chi connectivity index (χ2n) is 5.86. The molecular formula is C17H21N3O2. The van der Waals surface area contributed by atoms with Gasteiger partial charge in [-0.25, -0.2) is 0 Å². The number of rotatable bonds is 4. The third-order valence-electron chi connectivity index (χ3n) is 4.39. The largest absolute Gasteiger partial charge is 0.379 e. The molecule has 3 rings (SSSR count). The highest BCUT2D eigenvalue weighted by molar-refractivity contribution is 5.95. The molecule has 3 heterocycles. The summed E-state index contributed by atoms with van der Waals surface area (Å²) in [6.07, 6.45) is 6.39. The summed E-state index contributed by atoms with van der Waals surface area (Å²) in [6.45, 7) is 3.21. The molecule has 1 aliphatic heterocycles. The molecule has 2 aromatic rings. The Hall–Kier alpha value is -2.14. The van der Waals surface area contributed by atoms with Gasteiger partial charge in [-0.3, -0.25) is 9.78 Å². The molecule has 0 aromatic carbocycles. The van der Waals surface area contributed by atoms with Crippen LogP contribution in [-0.2, 0) is 18.2 Å². The molecule has 0 spiro atoms. The fourth-order valence-electron chi connectivity index (χ4n) is 2.88. The van der Waals surface area contributed by atoms with Crippen molar-refractivity contribution < 1.29 is 9.53 Å². The van der Waals surface area contributed by atoms with E-state index < -0.39 is 0 Å². The highest BCUT2D eigenvalue weighted by Gasteiger charge is 2.30. The van der Waals surface area contributed by atoms with E-state index in [-0.39, 0.29) is 11.9 Å².